The number of nitrogens with one attached hydrogen (secondary N) is 3. The van der Waals surface area contributed by atoms with E-state index in [1.165, 1.54) is 11.3 Å². The highest BCUT2D eigenvalue weighted by molar-refractivity contribution is 7.19. The smallest absolute Gasteiger partial charge is 0.289 e. The van der Waals surface area contributed by atoms with Crippen molar-refractivity contribution in [1.29, 1.82) is 5.53 Å². The molecule has 3 N–H and O–H groups in total. The third-order valence-electron chi connectivity index (χ3n) is 7.55. The number of hydrogen-bond acceptors (Lipinski definition) is 7. The molecule has 0 spiro atoms. The normalized spacial score (nSPS) is 18.6. The molecule has 1 aromatic heterocycles. The second-order valence-electron chi connectivity index (χ2n) is 11.6. The quantitative estimate of drug-likeness (QED) is 0.315. The monoisotopic (exact) mass is 558 g/mol. The lowest BCUT2D eigenvalue weighted by molar-refractivity contribution is -0.141. The number of carbonyl (C=O) groups excluding carboxylic acids is 3. The minimum atomic E-state index is -1.08. The van der Waals surface area contributed by atoms with Gasteiger partial charge in [-0.1, -0.05) is 92.8 Å². The van der Waals surface area contributed by atoms with Crippen LogP contribution < -0.4 is 10.6 Å². The number of hydrogen-bond donors (Lipinski definition) is 3. The third kappa shape index (κ3) is 5.54. The Bertz CT molecular complexity index is 1360. The van der Waals surface area contributed by atoms with Gasteiger partial charge in [-0.05, 0) is 36.7 Å². The molecular weight excluding hydrogens is 524 g/mol. The molecule has 40 heavy (non-hydrogen) atoms. The summed E-state index contributed by atoms with van der Waals surface area (Å²) in [6.45, 7) is 6.43. The van der Waals surface area contributed by atoms with Crippen molar-refractivity contribution >= 4 is 34.2 Å². The van der Waals surface area contributed by atoms with Gasteiger partial charge in [0.25, 0.3) is 5.91 Å². The van der Waals surface area contributed by atoms with Gasteiger partial charge in [-0.25, -0.2) is 10.5 Å². The van der Waals surface area contributed by atoms with Crippen LogP contribution in [-0.4, -0.2) is 51.8 Å². The van der Waals surface area contributed by atoms with Crippen LogP contribution in [0.5, 0.6) is 0 Å². The van der Waals surface area contributed by atoms with Crippen molar-refractivity contribution in [3.8, 4) is 21.7 Å². The van der Waals surface area contributed by atoms with E-state index in [0.717, 1.165) is 21.7 Å². The lowest BCUT2D eigenvalue weighted by atomic mass is 9.85. The molecule has 1 saturated carbocycles. The Hall–Kier alpha value is -3.92. The van der Waals surface area contributed by atoms with Gasteiger partial charge in [0.15, 0.2) is 5.13 Å². The molecule has 3 amide bonds. The highest BCUT2D eigenvalue weighted by Crippen LogP contribution is 2.41. The molecule has 1 saturated heterocycles. The summed E-state index contributed by atoms with van der Waals surface area (Å²) in [5.41, 5.74) is 8.39. The Balaban J connectivity index is 1.42. The molecule has 0 unspecified atom stereocenters. The fraction of sp³-hybridized carbons (Fsp3) is 0.400. The number of likely N-dealkylation sites (tertiary alicyclic amines) is 1. The maximum absolute atomic E-state index is 14.1. The van der Waals surface area contributed by atoms with Crippen molar-refractivity contribution in [1.82, 2.24) is 15.2 Å². The average molecular weight is 559 g/mol. The van der Waals surface area contributed by atoms with Crippen molar-refractivity contribution < 1.29 is 14.4 Å². The topological polar surface area (TPSA) is 128 Å². The first-order valence-electron chi connectivity index (χ1n) is 13.6. The number of aromatic nitrogens is 1. The first-order valence-corrected chi connectivity index (χ1v) is 14.4. The second kappa shape index (κ2) is 10.9. The van der Waals surface area contributed by atoms with Crippen molar-refractivity contribution in [2.75, 3.05) is 11.9 Å². The molecule has 1 aliphatic carbocycles. The number of amides is 3. The van der Waals surface area contributed by atoms with E-state index >= 15 is 0 Å². The van der Waals surface area contributed by atoms with Gasteiger partial charge >= 0.3 is 0 Å². The van der Waals surface area contributed by atoms with Gasteiger partial charge in [-0.3, -0.25) is 14.4 Å². The van der Waals surface area contributed by atoms with Crippen LogP contribution in [0.25, 0.3) is 21.7 Å². The standard InChI is InChI=1S/C30H34N6O3S/c1-29(2,3)24(26(38)36-18-10-15-21(36)25(37)34-30(16-17-30)27(39)35-31)33-28-32-22(19-11-6-4-7-12-19)23(40-28)20-13-8-5-9-14-20/h4-9,11-14,21,24,31H,10,15-18H2,1-3H3,(H,32,33)(H,34,37)/t21-,24+/m0/s1. The number of thiazole rings is 1. The molecular formula is C30H34N6O3S. The van der Waals surface area contributed by atoms with E-state index in [0.29, 0.717) is 37.4 Å². The van der Waals surface area contributed by atoms with E-state index in [1.807, 2.05) is 69.3 Å². The van der Waals surface area contributed by atoms with Gasteiger partial charge in [0.2, 0.25) is 11.8 Å². The van der Waals surface area contributed by atoms with E-state index in [9.17, 15) is 14.4 Å². The van der Waals surface area contributed by atoms with Crippen LogP contribution in [0.1, 0.15) is 46.5 Å². The van der Waals surface area contributed by atoms with Crippen LogP contribution in [0.15, 0.2) is 65.8 Å². The number of anilines is 1. The summed E-state index contributed by atoms with van der Waals surface area (Å²) >= 11 is 1.50. The molecule has 5 rings (SSSR count). The molecule has 1 aliphatic heterocycles. The molecule has 2 heterocycles. The molecule has 2 aliphatic rings. The van der Waals surface area contributed by atoms with Crippen molar-refractivity contribution in [2.24, 2.45) is 10.5 Å². The largest absolute Gasteiger partial charge is 0.349 e. The Morgan fingerprint density at radius 1 is 1.05 bits per heavy atom. The highest BCUT2D eigenvalue weighted by atomic mass is 32.1. The fourth-order valence-corrected chi connectivity index (χ4v) is 6.16. The molecule has 208 valence electrons. The number of carbonyl (C=O) groups is 3. The zero-order chi connectivity index (χ0) is 28.5. The van der Waals surface area contributed by atoms with E-state index in [2.05, 4.69) is 27.9 Å². The minimum Gasteiger partial charge on any atom is -0.349 e. The van der Waals surface area contributed by atoms with Crippen LogP contribution in [0.3, 0.4) is 0 Å². The Morgan fingerprint density at radius 3 is 2.25 bits per heavy atom. The summed E-state index contributed by atoms with van der Waals surface area (Å²) in [4.78, 5) is 47.0. The van der Waals surface area contributed by atoms with Gasteiger partial charge in [-0.2, -0.15) is 0 Å². The molecule has 2 fully saturated rings. The van der Waals surface area contributed by atoms with Gasteiger partial charge < -0.3 is 15.5 Å². The fourth-order valence-electron chi connectivity index (χ4n) is 5.14. The van der Waals surface area contributed by atoms with Crippen molar-refractivity contribution in [3.05, 3.63) is 60.7 Å². The van der Waals surface area contributed by atoms with Gasteiger partial charge in [0.05, 0.1) is 10.6 Å². The first kappa shape index (κ1) is 27.6. The zero-order valence-corrected chi connectivity index (χ0v) is 23.8. The van der Waals surface area contributed by atoms with Gasteiger partial charge in [0, 0.05) is 12.1 Å². The SMILES string of the molecule is CC(C)(C)[C@H](Nc1nc(-c2ccccc2)c(-c2ccccc2)s1)C(=O)N1CCC[C@H]1C(=O)NC1(C(=O)N=N)CC1. The molecule has 2 aromatic carbocycles. The van der Waals surface area contributed by atoms with Gasteiger partial charge in [0.1, 0.15) is 17.6 Å². The molecule has 9 nitrogen and oxygen atoms in total. The first-order chi connectivity index (χ1) is 19.1. The molecule has 0 radical (unpaired) electrons. The summed E-state index contributed by atoms with van der Waals surface area (Å²) in [5.74, 6) is -1.18. The molecule has 0 bridgehead atoms. The van der Waals surface area contributed by atoms with Crippen LogP contribution >= 0.6 is 11.3 Å². The summed E-state index contributed by atoms with van der Waals surface area (Å²) in [5, 5.41) is 9.87. The van der Waals surface area contributed by atoms with Crippen LogP contribution in [-0.2, 0) is 14.4 Å². The highest BCUT2D eigenvalue weighted by Gasteiger charge is 2.53. The third-order valence-corrected chi connectivity index (χ3v) is 8.59. The maximum Gasteiger partial charge on any atom is 0.289 e. The lowest BCUT2D eigenvalue weighted by Gasteiger charge is -2.35. The predicted molar refractivity (Wildman–Crippen MR) is 155 cm³/mol. The minimum absolute atomic E-state index is 0.177. The molecule has 3 aromatic rings. The summed E-state index contributed by atoms with van der Waals surface area (Å²) in [6, 6.07) is 18.7. The van der Waals surface area contributed by atoms with E-state index in [1.54, 1.807) is 4.90 Å². The van der Waals surface area contributed by atoms with E-state index in [4.69, 9.17) is 10.5 Å². The van der Waals surface area contributed by atoms with Crippen LogP contribution in [0, 0.1) is 10.9 Å². The van der Waals surface area contributed by atoms with Crippen LogP contribution in [0.2, 0.25) is 0 Å². The molecule has 10 heteroatoms. The van der Waals surface area contributed by atoms with E-state index in [-0.39, 0.29) is 11.8 Å². The zero-order valence-electron chi connectivity index (χ0n) is 22.9. The van der Waals surface area contributed by atoms with Gasteiger partial charge in [-0.15, -0.1) is 5.11 Å². The number of rotatable bonds is 8. The Morgan fingerprint density at radius 2 is 1.68 bits per heavy atom. The summed E-state index contributed by atoms with van der Waals surface area (Å²) in [7, 11) is 0. The average Bonchev–Trinajstić information content (AvgIpc) is 3.36. The molecule has 2 atom stereocenters. The van der Waals surface area contributed by atoms with Crippen molar-refractivity contribution in [2.45, 2.75) is 64.1 Å². The second-order valence-corrected chi connectivity index (χ2v) is 12.5. The maximum atomic E-state index is 14.1. The van der Waals surface area contributed by atoms with Crippen LogP contribution in [0.4, 0.5) is 5.13 Å². The predicted octanol–water partition coefficient (Wildman–Crippen LogP) is 5.50. The summed E-state index contributed by atoms with van der Waals surface area (Å²) < 4.78 is 0. The Labute approximate surface area is 237 Å². The summed E-state index contributed by atoms with van der Waals surface area (Å²) in [6.07, 6.45) is 2.14. The Kier molecular flexibility index (Phi) is 7.55. The lowest BCUT2D eigenvalue weighted by Crippen LogP contribution is -2.56. The number of nitrogens with zero attached hydrogens (tertiary/aromatic N) is 3. The van der Waals surface area contributed by atoms with E-state index < -0.39 is 28.9 Å². The van der Waals surface area contributed by atoms with Crippen molar-refractivity contribution in [3.63, 3.8) is 0 Å². The number of benzene rings is 2.